The highest BCUT2D eigenvalue weighted by atomic mass is 32.2. The Morgan fingerprint density at radius 2 is 1.68 bits per heavy atom. The Labute approximate surface area is 165 Å². The monoisotopic (exact) mass is 400 g/mol. The van der Waals surface area contributed by atoms with E-state index in [-0.39, 0.29) is 12.4 Å². The summed E-state index contributed by atoms with van der Waals surface area (Å²) in [5, 5.41) is 0.570. The lowest BCUT2D eigenvalue weighted by Gasteiger charge is -2.12. The molecule has 0 unspecified atom stereocenters. The normalized spacial score (nSPS) is 11.8. The third-order valence-electron chi connectivity index (χ3n) is 4.68. The predicted octanol–water partition coefficient (Wildman–Crippen LogP) is 4.82. The highest BCUT2D eigenvalue weighted by molar-refractivity contribution is 7.90. The standard InChI is InChI=1S/C22H24O5S/c1-6-26-22(23)20-16(5)27-19-8-7-17(11-18(19)20)12-28(24,25)21-14(3)9-13(2)10-15(21)4/h7-11H,6,12H2,1-5H3. The van der Waals surface area contributed by atoms with Crippen molar-refractivity contribution < 1.29 is 22.4 Å². The molecule has 1 heterocycles. The first kappa shape index (κ1) is 20.1. The molecule has 3 rings (SSSR count). The zero-order chi connectivity index (χ0) is 20.6. The van der Waals surface area contributed by atoms with Crippen molar-refractivity contribution in [3.8, 4) is 0 Å². The molecule has 0 fully saturated rings. The van der Waals surface area contributed by atoms with Crippen LogP contribution in [-0.2, 0) is 20.3 Å². The van der Waals surface area contributed by atoms with Crippen molar-refractivity contribution in [2.75, 3.05) is 6.61 Å². The van der Waals surface area contributed by atoms with E-state index in [1.54, 1.807) is 32.0 Å². The molecule has 0 spiro atoms. The van der Waals surface area contributed by atoms with Crippen LogP contribution in [0.3, 0.4) is 0 Å². The van der Waals surface area contributed by atoms with Crippen LogP contribution in [0.2, 0.25) is 0 Å². The molecule has 0 radical (unpaired) electrons. The molecule has 6 heteroatoms. The minimum Gasteiger partial charge on any atom is -0.462 e. The molecule has 2 aromatic carbocycles. The van der Waals surface area contributed by atoms with Gasteiger partial charge in [0.05, 0.1) is 17.3 Å². The molecule has 0 saturated heterocycles. The van der Waals surface area contributed by atoms with Crippen LogP contribution in [0.4, 0.5) is 0 Å². The molecule has 0 aliphatic rings. The van der Waals surface area contributed by atoms with Crippen LogP contribution < -0.4 is 0 Å². The van der Waals surface area contributed by atoms with Gasteiger partial charge in [-0.25, -0.2) is 13.2 Å². The van der Waals surface area contributed by atoms with Gasteiger partial charge in [0.15, 0.2) is 9.84 Å². The van der Waals surface area contributed by atoms with Crippen molar-refractivity contribution in [1.82, 2.24) is 0 Å². The molecular weight excluding hydrogens is 376 g/mol. The number of rotatable bonds is 5. The fourth-order valence-corrected chi connectivity index (χ4v) is 5.62. The van der Waals surface area contributed by atoms with Crippen LogP contribution in [0.25, 0.3) is 11.0 Å². The Kier molecular flexibility index (Phi) is 5.35. The molecule has 0 amide bonds. The van der Waals surface area contributed by atoms with Gasteiger partial charge in [-0.2, -0.15) is 0 Å². The lowest BCUT2D eigenvalue weighted by atomic mass is 10.1. The Morgan fingerprint density at radius 1 is 1.04 bits per heavy atom. The van der Waals surface area contributed by atoms with E-state index in [1.807, 2.05) is 32.9 Å². The Bertz CT molecular complexity index is 1150. The lowest BCUT2D eigenvalue weighted by Crippen LogP contribution is -2.09. The van der Waals surface area contributed by atoms with E-state index in [4.69, 9.17) is 9.15 Å². The van der Waals surface area contributed by atoms with Gasteiger partial charge in [-0.05, 0) is 63.4 Å². The maximum absolute atomic E-state index is 13.1. The van der Waals surface area contributed by atoms with Crippen molar-refractivity contribution in [3.63, 3.8) is 0 Å². The molecule has 0 N–H and O–H groups in total. The smallest absolute Gasteiger partial charge is 0.342 e. The summed E-state index contributed by atoms with van der Waals surface area (Å²) >= 11 is 0. The summed E-state index contributed by atoms with van der Waals surface area (Å²) in [6.07, 6.45) is 0. The van der Waals surface area contributed by atoms with E-state index in [1.165, 1.54) is 0 Å². The van der Waals surface area contributed by atoms with Crippen LogP contribution in [0.15, 0.2) is 39.6 Å². The zero-order valence-electron chi connectivity index (χ0n) is 16.8. The third kappa shape index (κ3) is 3.69. The number of hydrogen-bond donors (Lipinski definition) is 0. The molecule has 28 heavy (non-hydrogen) atoms. The number of hydrogen-bond acceptors (Lipinski definition) is 5. The summed E-state index contributed by atoms with van der Waals surface area (Å²) in [5.74, 6) is -0.164. The minimum absolute atomic E-state index is 0.153. The van der Waals surface area contributed by atoms with Gasteiger partial charge in [0.2, 0.25) is 0 Å². The van der Waals surface area contributed by atoms with E-state index in [2.05, 4.69) is 0 Å². The van der Waals surface area contributed by atoms with E-state index < -0.39 is 15.8 Å². The maximum Gasteiger partial charge on any atom is 0.342 e. The summed E-state index contributed by atoms with van der Waals surface area (Å²) in [5.41, 5.74) is 3.99. The molecule has 5 nitrogen and oxygen atoms in total. The highest BCUT2D eigenvalue weighted by Gasteiger charge is 2.23. The Morgan fingerprint density at radius 3 is 2.29 bits per heavy atom. The molecule has 3 aromatic rings. The van der Waals surface area contributed by atoms with Gasteiger partial charge < -0.3 is 9.15 Å². The summed E-state index contributed by atoms with van der Waals surface area (Å²) in [6, 6.07) is 8.87. The second-order valence-electron chi connectivity index (χ2n) is 7.07. The van der Waals surface area contributed by atoms with Gasteiger partial charge in [0, 0.05) is 5.39 Å². The largest absolute Gasteiger partial charge is 0.462 e. The quantitative estimate of drug-likeness (QED) is 0.574. The Hall–Kier alpha value is -2.60. The number of fused-ring (bicyclic) bond motifs is 1. The van der Waals surface area contributed by atoms with Gasteiger partial charge in [-0.1, -0.05) is 23.8 Å². The number of ether oxygens (including phenoxy) is 1. The second kappa shape index (κ2) is 7.43. The van der Waals surface area contributed by atoms with Gasteiger partial charge in [0.1, 0.15) is 16.9 Å². The molecule has 0 bridgehead atoms. The highest BCUT2D eigenvalue weighted by Crippen LogP contribution is 2.30. The number of furan rings is 1. The molecule has 0 atom stereocenters. The van der Waals surface area contributed by atoms with Gasteiger partial charge in [-0.3, -0.25) is 0 Å². The van der Waals surface area contributed by atoms with E-state index >= 15 is 0 Å². The van der Waals surface area contributed by atoms with E-state index in [9.17, 15) is 13.2 Å². The van der Waals surface area contributed by atoms with Crippen molar-refractivity contribution in [2.45, 2.75) is 45.3 Å². The SMILES string of the molecule is CCOC(=O)c1c(C)oc2ccc(CS(=O)(=O)c3c(C)cc(C)cc3C)cc12. The Balaban J connectivity index is 2.05. The average Bonchev–Trinajstić information content (AvgIpc) is 2.88. The van der Waals surface area contributed by atoms with Crippen LogP contribution in [0.1, 0.15) is 45.3 Å². The molecule has 148 valence electrons. The molecule has 0 aliphatic carbocycles. The summed E-state index contributed by atoms with van der Waals surface area (Å²) in [6.45, 7) is 9.26. The van der Waals surface area contributed by atoms with Gasteiger partial charge in [-0.15, -0.1) is 0 Å². The third-order valence-corrected chi connectivity index (χ3v) is 6.66. The van der Waals surface area contributed by atoms with Crippen LogP contribution in [-0.4, -0.2) is 21.0 Å². The van der Waals surface area contributed by atoms with E-state index in [0.717, 1.165) is 16.7 Å². The first-order valence-electron chi connectivity index (χ1n) is 9.13. The first-order valence-corrected chi connectivity index (χ1v) is 10.8. The molecule has 1 aromatic heterocycles. The molecule has 0 aliphatic heterocycles. The fourth-order valence-electron chi connectivity index (χ4n) is 3.76. The number of aryl methyl sites for hydroxylation is 4. The number of esters is 1. The fraction of sp³-hybridized carbons (Fsp3) is 0.318. The zero-order valence-corrected chi connectivity index (χ0v) is 17.6. The van der Waals surface area contributed by atoms with Crippen molar-refractivity contribution in [1.29, 1.82) is 0 Å². The van der Waals surface area contributed by atoms with Crippen molar-refractivity contribution >= 4 is 26.8 Å². The predicted molar refractivity (Wildman–Crippen MR) is 108 cm³/mol. The second-order valence-corrected chi connectivity index (χ2v) is 9.00. The summed E-state index contributed by atoms with van der Waals surface area (Å²) in [7, 11) is -3.54. The topological polar surface area (TPSA) is 73.6 Å². The lowest BCUT2D eigenvalue weighted by molar-refractivity contribution is 0.0526. The first-order chi connectivity index (χ1) is 13.1. The number of carbonyl (C=O) groups excluding carboxylic acids is 1. The number of benzene rings is 2. The van der Waals surface area contributed by atoms with Crippen molar-refractivity contribution in [3.05, 3.63) is 63.9 Å². The van der Waals surface area contributed by atoms with Crippen molar-refractivity contribution in [2.24, 2.45) is 0 Å². The summed E-state index contributed by atoms with van der Waals surface area (Å²) in [4.78, 5) is 12.6. The van der Waals surface area contributed by atoms with Gasteiger partial charge >= 0.3 is 5.97 Å². The van der Waals surface area contributed by atoms with Crippen LogP contribution in [0, 0.1) is 27.7 Å². The molecular formula is C22H24O5S. The average molecular weight is 400 g/mol. The van der Waals surface area contributed by atoms with Crippen LogP contribution >= 0.6 is 0 Å². The number of sulfone groups is 1. The van der Waals surface area contributed by atoms with Crippen LogP contribution in [0.5, 0.6) is 0 Å². The number of carbonyl (C=O) groups is 1. The van der Waals surface area contributed by atoms with E-state index in [0.29, 0.717) is 32.8 Å². The maximum atomic E-state index is 13.1. The molecule has 0 saturated carbocycles. The van der Waals surface area contributed by atoms with Gasteiger partial charge in [0.25, 0.3) is 0 Å². The summed E-state index contributed by atoms with van der Waals surface area (Å²) < 4.78 is 37.0. The minimum atomic E-state index is -3.54.